The molecular weight excluding hydrogens is 220 g/mol. The van der Waals surface area contributed by atoms with Gasteiger partial charge in [-0.25, -0.2) is 0 Å². The Balaban J connectivity index is 2.36. The zero-order valence-corrected chi connectivity index (χ0v) is 8.78. The highest BCUT2D eigenvalue weighted by molar-refractivity contribution is 5.60. The van der Waals surface area contributed by atoms with Crippen molar-refractivity contribution in [1.29, 1.82) is 0 Å². The molecule has 2 aromatic rings. The van der Waals surface area contributed by atoms with Gasteiger partial charge in [0.15, 0.2) is 5.69 Å². The highest BCUT2D eigenvalue weighted by atomic mass is 16.3. The molecule has 86 valence electrons. The summed E-state index contributed by atoms with van der Waals surface area (Å²) >= 11 is 0. The van der Waals surface area contributed by atoms with E-state index < -0.39 is 0 Å². The van der Waals surface area contributed by atoms with E-state index in [0.29, 0.717) is 0 Å². The molecule has 0 spiro atoms. The van der Waals surface area contributed by atoms with Crippen LogP contribution in [-0.4, -0.2) is 15.3 Å². The fourth-order valence-electron chi connectivity index (χ4n) is 1.27. The number of azo groups is 1. The number of para-hydroxylation sites is 1. The van der Waals surface area contributed by atoms with Gasteiger partial charge in [0.05, 0.1) is 0 Å². The Morgan fingerprint density at radius 3 is 1.88 bits per heavy atom. The fourth-order valence-corrected chi connectivity index (χ4v) is 1.27. The van der Waals surface area contributed by atoms with Crippen molar-refractivity contribution in [3.8, 4) is 17.2 Å². The molecule has 17 heavy (non-hydrogen) atoms. The maximum Gasteiger partial charge on any atom is 0.169 e. The van der Waals surface area contributed by atoms with Crippen LogP contribution in [0.3, 0.4) is 0 Å². The fraction of sp³-hybridized carbons (Fsp3) is 0. The Morgan fingerprint density at radius 1 is 0.647 bits per heavy atom. The normalized spacial score (nSPS) is 10.8. The van der Waals surface area contributed by atoms with E-state index in [1.54, 1.807) is 18.2 Å². The van der Waals surface area contributed by atoms with Crippen LogP contribution in [0.15, 0.2) is 52.7 Å². The minimum absolute atomic E-state index is 0.0221. The van der Waals surface area contributed by atoms with Crippen LogP contribution < -0.4 is 0 Å². The third-order valence-electron chi connectivity index (χ3n) is 2.13. The van der Waals surface area contributed by atoms with Gasteiger partial charge in [0.1, 0.15) is 22.9 Å². The largest absolute Gasteiger partial charge is 0.506 e. The standard InChI is InChI=1S/C12H10N2O3/c15-9-5-2-1-4-8(9)13-14-12-10(16)6-3-7-11(12)17/h1-7,15-17H. The molecule has 0 saturated heterocycles. The Kier molecular flexibility index (Phi) is 2.91. The van der Waals surface area contributed by atoms with Gasteiger partial charge < -0.3 is 15.3 Å². The number of hydrogen-bond acceptors (Lipinski definition) is 5. The summed E-state index contributed by atoms with van der Waals surface area (Å²) in [6, 6.07) is 10.7. The number of phenols is 3. The van der Waals surface area contributed by atoms with Crippen molar-refractivity contribution >= 4 is 11.4 Å². The molecule has 5 heteroatoms. The van der Waals surface area contributed by atoms with E-state index in [2.05, 4.69) is 10.2 Å². The van der Waals surface area contributed by atoms with Gasteiger partial charge in [-0.2, -0.15) is 0 Å². The summed E-state index contributed by atoms with van der Waals surface area (Å²) in [4.78, 5) is 0. The topological polar surface area (TPSA) is 85.4 Å². The number of nitrogens with zero attached hydrogens (tertiary/aromatic N) is 2. The summed E-state index contributed by atoms with van der Waals surface area (Å²) in [5.41, 5.74) is 0.228. The molecule has 0 saturated carbocycles. The molecule has 0 radical (unpaired) electrons. The van der Waals surface area contributed by atoms with Crippen LogP contribution in [0.25, 0.3) is 0 Å². The van der Waals surface area contributed by atoms with Gasteiger partial charge in [-0.05, 0) is 24.3 Å². The lowest BCUT2D eigenvalue weighted by atomic mass is 10.3. The Bertz CT molecular complexity index is 547. The van der Waals surface area contributed by atoms with Crippen molar-refractivity contribution in [3.63, 3.8) is 0 Å². The van der Waals surface area contributed by atoms with E-state index >= 15 is 0 Å². The predicted octanol–water partition coefficient (Wildman–Crippen LogP) is 3.22. The zero-order valence-electron chi connectivity index (χ0n) is 8.78. The van der Waals surface area contributed by atoms with Gasteiger partial charge in [-0.3, -0.25) is 0 Å². The van der Waals surface area contributed by atoms with E-state index in [1.165, 1.54) is 24.3 Å². The van der Waals surface area contributed by atoms with Crippen LogP contribution in [0.1, 0.15) is 0 Å². The summed E-state index contributed by atoms with van der Waals surface area (Å²) in [5.74, 6) is -0.375. The molecule has 0 fully saturated rings. The Morgan fingerprint density at radius 2 is 1.24 bits per heavy atom. The number of rotatable bonds is 2. The maximum absolute atomic E-state index is 9.46. The number of aromatic hydroxyl groups is 3. The minimum atomic E-state index is -0.177. The first kappa shape index (κ1) is 10.9. The SMILES string of the molecule is Oc1ccccc1N=Nc1c(O)cccc1O. The van der Waals surface area contributed by atoms with Crippen molar-refractivity contribution in [2.75, 3.05) is 0 Å². The first-order valence-corrected chi connectivity index (χ1v) is 4.89. The molecule has 0 unspecified atom stereocenters. The molecule has 0 amide bonds. The van der Waals surface area contributed by atoms with Gasteiger partial charge in [-0.1, -0.05) is 18.2 Å². The van der Waals surface area contributed by atoms with Crippen LogP contribution in [0.5, 0.6) is 17.2 Å². The molecule has 0 aliphatic rings. The third kappa shape index (κ3) is 2.34. The van der Waals surface area contributed by atoms with Gasteiger partial charge in [-0.15, -0.1) is 10.2 Å². The van der Waals surface area contributed by atoms with Crippen molar-refractivity contribution in [3.05, 3.63) is 42.5 Å². The van der Waals surface area contributed by atoms with Gasteiger partial charge in [0, 0.05) is 0 Å². The Labute approximate surface area is 97.3 Å². The second-order valence-electron chi connectivity index (χ2n) is 3.33. The third-order valence-corrected chi connectivity index (χ3v) is 2.13. The van der Waals surface area contributed by atoms with Crippen molar-refractivity contribution in [2.45, 2.75) is 0 Å². The molecule has 0 bridgehead atoms. The zero-order chi connectivity index (χ0) is 12.3. The molecule has 0 atom stereocenters. The van der Waals surface area contributed by atoms with Crippen molar-refractivity contribution in [1.82, 2.24) is 0 Å². The number of benzene rings is 2. The maximum atomic E-state index is 9.46. The lowest BCUT2D eigenvalue weighted by Gasteiger charge is -2.00. The van der Waals surface area contributed by atoms with Gasteiger partial charge in [0.2, 0.25) is 0 Å². The summed E-state index contributed by atoms with van der Waals surface area (Å²) in [6.07, 6.45) is 0. The first-order valence-electron chi connectivity index (χ1n) is 4.89. The molecular formula is C12H10N2O3. The predicted molar refractivity (Wildman–Crippen MR) is 62.1 cm³/mol. The van der Waals surface area contributed by atoms with Gasteiger partial charge >= 0.3 is 0 Å². The number of phenolic OH excluding ortho intramolecular Hbond substituents is 3. The Hall–Kier alpha value is -2.56. The van der Waals surface area contributed by atoms with Crippen LogP contribution >= 0.6 is 0 Å². The van der Waals surface area contributed by atoms with Crippen LogP contribution in [0.2, 0.25) is 0 Å². The first-order chi connectivity index (χ1) is 8.18. The smallest absolute Gasteiger partial charge is 0.169 e. The highest BCUT2D eigenvalue weighted by Gasteiger charge is 2.05. The average molecular weight is 230 g/mol. The molecule has 0 heterocycles. The summed E-state index contributed by atoms with van der Waals surface area (Å²) in [6.45, 7) is 0. The van der Waals surface area contributed by atoms with Crippen molar-refractivity contribution < 1.29 is 15.3 Å². The van der Waals surface area contributed by atoms with E-state index in [9.17, 15) is 15.3 Å². The molecule has 5 nitrogen and oxygen atoms in total. The van der Waals surface area contributed by atoms with E-state index in [4.69, 9.17) is 0 Å². The molecule has 0 aromatic heterocycles. The summed E-state index contributed by atoms with van der Waals surface area (Å²) in [7, 11) is 0. The quantitative estimate of drug-likeness (QED) is 0.692. The molecule has 0 aliphatic heterocycles. The summed E-state index contributed by atoms with van der Waals surface area (Å²) < 4.78 is 0. The van der Waals surface area contributed by atoms with Crippen LogP contribution in [0.4, 0.5) is 11.4 Å². The van der Waals surface area contributed by atoms with Crippen LogP contribution in [0, 0.1) is 0 Å². The van der Waals surface area contributed by atoms with Crippen molar-refractivity contribution in [2.24, 2.45) is 10.2 Å². The lowest BCUT2D eigenvalue weighted by molar-refractivity contribution is 0.452. The molecule has 2 rings (SSSR count). The van der Waals surface area contributed by atoms with Gasteiger partial charge in [0.25, 0.3) is 0 Å². The second-order valence-corrected chi connectivity index (χ2v) is 3.33. The van der Waals surface area contributed by atoms with E-state index in [1.807, 2.05) is 0 Å². The monoisotopic (exact) mass is 230 g/mol. The molecule has 3 N–H and O–H groups in total. The van der Waals surface area contributed by atoms with E-state index in [0.717, 1.165) is 0 Å². The minimum Gasteiger partial charge on any atom is -0.506 e. The summed E-state index contributed by atoms with van der Waals surface area (Å²) in [5, 5.41) is 35.8. The van der Waals surface area contributed by atoms with Crippen LogP contribution in [-0.2, 0) is 0 Å². The average Bonchev–Trinajstić information content (AvgIpc) is 2.30. The number of hydrogen-bond donors (Lipinski definition) is 3. The van der Waals surface area contributed by atoms with E-state index in [-0.39, 0.29) is 28.6 Å². The second kappa shape index (κ2) is 4.52. The molecule has 2 aromatic carbocycles. The molecule has 0 aliphatic carbocycles. The highest BCUT2D eigenvalue weighted by Crippen LogP contribution is 2.37. The lowest BCUT2D eigenvalue weighted by Crippen LogP contribution is -1.70.